The van der Waals surface area contributed by atoms with Crippen LogP contribution in [0.1, 0.15) is 33.6 Å². The number of alkyl halides is 4. The maximum absolute atomic E-state index is 12.6. The van der Waals surface area contributed by atoms with Crippen LogP contribution in [-0.2, 0) is 4.79 Å². The third kappa shape index (κ3) is 3.64. The summed E-state index contributed by atoms with van der Waals surface area (Å²) >= 11 is 0. The highest BCUT2D eigenvalue weighted by Gasteiger charge is 2.49. The Balaban J connectivity index is 4.45. The molecule has 1 N–H and O–H groups in total. The monoisotopic (exact) mass is 243 g/mol. The van der Waals surface area contributed by atoms with Crippen molar-refractivity contribution in [3.63, 3.8) is 0 Å². The van der Waals surface area contributed by atoms with Gasteiger partial charge in [0.2, 0.25) is 0 Å². The number of halogens is 4. The Bertz CT molecular complexity index is 229. The first kappa shape index (κ1) is 15.2. The van der Waals surface area contributed by atoms with Gasteiger partial charge in [0.25, 0.3) is 5.91 Å². The van der Waals surface area contributed by atoms with Crippen molar-refractivity contribution in [1.29, 1.82) is 0 Å². The van der Waals surface area contributed by atoms with E-state index in [0.717, 1.165) is 0 Å². The number of hydrogen-bond acceptors (Lipinski definition) is 1. The minimum atomic E-state index is -4.61. The van der Waals surface area contributed by atoms with Crippen molar-refractivity contribution in [2.45, 2.75) is 52.0 Å². The van der Waals surface area contributed by atoms with E-state index in [1.54, 1.807) is 0 Å². The molecule has 0 aromatic carbocycles. The summed E-state index contributed by atoms with van der Waals surface area (Å²) in [5.74, 6) is -6.50. The summed E-state index contributed by atoms with van der Waals surface area (Å²) in [6, 6.07) is -0.535. The maximum Gasteiger partial charge on any atom is 0.383 e. The fraction of sp³-hybridized carbons (Fsp3) is 0.900. The van der Waals surface area contributed by atoms with Crippen LogP contribution in [0.4, 0.5) is 17.6 Å². The average Bonchev–Trinajstić information content (AvgIpc) is 2.18. The van der Waals surface area contributed by atoms with Crippen LogP contribution in [0.2, 0.25) is 0 Å². The Morgan fingerprint density at radius 2 is 1.69 bits per heavy atom. The average molecular weight is 243 g/mol. The molecule has 0 saturated heterocycles. The fourth-order valence-electron chi connectivity index (χ4n) is 1.52. The first-order chi connectivity index (χ1) is 7.27. The number of nitrogens with one attached hydrogen (secondary N) is 1. The molecule has 0 aliphatic rings. The van der Waals surface area contributed by atoms with Crippen LogP contribution in [0, 0.1) is 5.92 Å². The van der Waals surface area contributed by atoms with Gasteiger partial charge < -0.3 is 5.32 Å². The van der Waals surface area contributed by atoms with Crippen LogP contribution in [0.3, 0.4) is 0 Å². The summed E-state index contributed by atoms with van der Waals surface area (Å²) in [6.07, 6.45) is -2.59. The van der Waals surface area contributed by atoms with Gasteiger partial charge in [0.15, 0.2) is 0 Å². The van der Waals surface area contributed by atoms with Crippen LogP contribution in [0.25, 0.3) is 0 Å². The zero-order chi connectivity index (χ0) is 12.9. The molecular weight excluding hydrogens is 226 g/mol. The van der Waals surface area contributed by atoms with E-state index in [1.165, 1.54) is 6.92 Å². The molecular formula is C10H17F4NO. The molecule has 0 fully saturated rings. The molecule has 1 atom stereocenters. The number of carbonyl (C=O) groups excluding carboxylic acids is 1. The normalized spacial score (nSPS) is 14.3. The van der Waals surface area contributed by atoms with E-state index in [1.807, 2.05) is 19.2 Å². The van der Waals surface area contributed by atoms with Gasteiger partial charge in [0, 0.05) is 6.04 Å². The van der Waals surface area contributed by atoms with Gasteiger partial charge in [-0.25, -0.2) is 8.78 Å². The van der Waals surface area contributed by atoms with Gasteiger partial charge in [-0.3, -0.25) is 4.79 Å². The molecule has 2 nitrogen and oxygen atoms in total. The largest absolute Gasteiger partial charge is 0.383 e. The third-order valence-electron chi connectivity index (χ3n) is 2.69. The van der Waals surface area contributed by atoms with Crippen molar-refractivity contribution >= 4 is 5.91 Å². The SMILES string of the molecule is CCC(CC)C(C)NC(=O)C(F)(F)C(F)F. The summed E-state index contributed by atoms with van der Waals surface area (Å²) in [4.78, 5) is 10.9. The highest BCUT2D eigenvalue weighted by Crippen LogP contribution is 2.23. The van der Waals surface area contributed by atoms with Crippen molar-refractivity contribution < 1.29 is 22.4 Å². The molecule has 1 unspecified atom stereocenters. The Labute approximate surface area is 92.4 Å². The number of carbonyl (C=O) groups is 1. The molecule has 0 bridgehead atoms. The number of rotatable bonds is 6. The summed E-state index contributed by atoms with van der Waals surface area (Å²) in [6.45, 7) is 5.24. The van der Waals surface area contributed by atoms with Crippen molar-refractivity contribution in [3.8, 4) is 0 Å². The van der Waals surface area contributed by atoms with Gasteiger partial charge in [-0.1, -0.05) is 26.7 Å². The van der Waals surface area contributed by atoms with E-state index >= 15 is 0 Å². The zero-order valence-corrected chi connectivity index (χ0v) is 9.57. The molecule has 1 amide bonds. The maximum atomic E-state index is 12.6. The molecule has 0 spiro atoms. The second-order valence-electron chi connectivity index (χ2n) is 3.76. The summed E-state index contributed by atoms with van der Waals surface area (Å²) in [5.41, 5.74) is 0. The van der Waals surface area contributed by atoms with Crippen molar-refractivity contribution in [3.05, 3.63) is 0 Å². The lowest BCUT2D eigenvalue weighted by Crippen LogP contribution is -2.50. The van der Waals surface area contributed by atoms with E-state index in [0.29, 0.717) is 12.8 Å². The van der Waals surface area contributed by atoms with E-state index in [2.05, 4.69) is 0 Å². The second kappa shape index (κ2) is 6.06. The fourth-order valence-corrected chi connectivity index (χ4v) is 1.52. The van der Waals surface area contributed by atoms with Crippen LogP contribution >= 0.6 is 0 Å². The predicted molar refractivity (Wildman–Crippen MR) is 52.6 cm³/mol. The first-order valence-electron chi connectivity index (χ1n) is 5.24. The summed E-state index contributed by atoms with van der Waals surface area (Å²) in [5, 5.41) is 1.93. The number of amides is 1. The molecule has 0 aromatic rings. The highest BCUT2D eigenvalue weighted by atomic mass is 19.3. The Morgan fingerprint density at radius 1 is 1.25 bits per heavy atom. The van der Waals surface area contributed by atoms with Crippen molar-refractivity contribution in [2.75, 3.05) is 0 Å². The molecule has 0 aromatic heterocycles. The number of hydrogen-bond donors (Lipinski definition) is 1. The smallest absolute Gasteiger partial charge is 0.348 e. The lowest BCUT2D eigenvalue weighted by atomic mass is 9.95. The molecule has 16 heavy (non-hydrogen) atoms. The predicted octanol–water partition coefficient (Wildman–Crippen LogP) is 2.83. The summed E-state index contributed by atoms with van der Waals surface area (Å²) < 4.78 is 49.0. The lowest BCUT2D eigenvalue weighted by molar-refractivity contribution is -0.170. The standard InChI is InChI=1S/C10H17F4NO/c1-4-7(5-2)6(3)15-9(16)10(13,14)8(11)12/h6-8H,4-5H2,1-3H3,(H,15,16). The van der Waals surface area contributed by atoms with Gasteiger partial charge in [0.1, 0.15) is 0 Å². The Hall–Kier alpha value is -0.810. The van der Waals surface area contributed by atoms with Crippen LogP contribution < -0.4 is 5.32 Å². The van der Waals surface area contributed by atoms with Crippen LogP contribution in [0.15, 0.2) is 0 Å². The van der Waals surface area contributed by atoms with Crippen LogP contribution in [-0.4, -0.2) is 24.3 Å². The molecule has 0 saturated carbocycles. The van der Waals surface area contributed by atoms with Crippen molar-refractivity contribution in [1.82, 2.24) is 5.32 Å². The van der Waals surface area contributed by atoms with Crippen molar-refractivity contribution in [2.24, 2.45) is 5.92 Å². The molecule has 0 radical (unpaired) electrons. The highest BCUT2D eigenvalue weighted by molar-refractivity contribution is 5.84. The Morgan fingerprint density at radius 3 is 2.00 bits per heavy atom. The van der Waals surface area contributed by atoms with Crippen LogP contribution in [0.5, 0.6) is 0 Å². The van der Waals surface area contributed by atoms with E-state index in [4.69, 9.17) is 0 Å². The molecule has 0 aliphatic carbocycles. The topological polar surface area (TPSA) is 29.1 Å². The summed E-state index contributed by atoms with van der Waals surface area (Å²) in [7, 11) is 0. The van der Waals surface area contributed by atoms with E-state index in [-0.39, 0.29) is 5.92 Å². The van der Waals surface area contributed by atoms with Gasteiger partial charge in [-0.2, -0.15) is 8.78 Å². The van der Waals surface area contributed by atoms with Gasteiger partial charge in [-0.15, -0.1) is 0 Å². The minimum Gasteiger partial charge on any atom is -0.348 e. The molecule has 6 heteroatoms. The third-order valence-corrected chi connectivity index (χ3v) is 2.69. The second-order valence-corrected chi connectivity index (χ2v) is 3.76. The molecule has 0 heterocycles. The van der Waals surface area contributed by atoms with E-state index in [9.17, 15) is 22.4 Å². The molecule has 0 aliphatic heterocycles. The van der Waals surface area contributed by atoms with Gasteiger partial charge >= 0.3 is 12.3 Å². The quantitative estimate of drug-likeness (QED) is 0.714. The zero-order valence-electron chi connectivity index (χ0n) is 9.57. The van der Waals surface area contributed by atoms with E-state index < -0.39 is 24.3 Å². The van der Waals surface area contributed by atoms with Gasteiger partial charge in [-0.05, 0) is 12.8 Å². The first-order valence-corrected chi connectivity index (χ1v) is 5.24. The Kier molecular flexibility index (Phi) is 5.75. The molecule has 0 rings (SSSR count). The lowest BCUT2D eigenvalue weighted by Gasteiger charge is -2.24. The minimum absolute atomic E-state index is 0.0115. The molecule has 96 valence electrons. The van der Waals surface area contributed by atoms with Gasteiger partial charge in [0.05, 0.1) is 0 Å².